The average molecular weight is 1100 g/mol. The quantitative estimate of drug-likeness (QED) is 0.00772. The molecule has 0 radical (unpaired) electrons. The summed E-state index contributed by atoms with van der Waals surface area (Å²) >= 11 is 11.8. The number of aliphatic imine (C=N–C) groups is 1. The number of unbranched alkanes of at least 4 members (excludes halogenated alkanes) is 7. The van der Waals surface area contributed by atoms with Crippen LogP contribution in [0.5, 0.6) is 11.5 Å². The Morgan fingerprint density at radius 3 is 1.80 bits per heavy atom. The van der Waals surface area contributed by atoms with Gasteiger partial charge in [0.25, 0.3) is 5.91 Å². The minimum absolute atomic E-state index is 0.0147. The Bertz CT molecular complexity index is 2490. The van der Waals surface area contributed by atoms with Gasteiger partial charge in [0.1, 0.15) is 37.9 Å². The van der Waals surface area contributed by atoms with Crippen molar-refractivity contribution in [1.29, 1.82) is 5.41 Å². The standard InChI is InChI=1S/C52H72Cl2N12O10/c1-35-45(53)63-43(47(56)62-35)41(67)34-38(55)14-7-5-6-12-36-16-20-39(21-17-36)74-31-27-72-29-33-76-52(70)61-25-10-4-2-3-8-15-42(68)75-32-28-71-26-30-73-40-22-18-37(19-23-40)13-9-11-24-60-51(59)66-50(69)44-48(57)65-49(58)46(54)64-44/h16-23,55H,2-15,24-34H2,1H3,(H2,56,62)(H,61,70)(H4,57,58,65)(H3,59,60,66,69). The summed E-state index contributed by atoms with van der Waals surface area (Å²) in [6, 6.07) is 15.7. The summed E-state index contributed by atoms with van der Waals surface area (Å²) in [7, 11) is 0. The van der Waals surface area contributed by atoms with E-state index in [1.807, 2.05) is 48.5 Å². The van der Waals surface area contributed by atoms with Crippen molar-refractivity contribution in [1.82, 2.24) is 30.6 Å². The Hall–Kier alpha value is -6.88. The molecule has 0 saturated carbocycles. The molecule has 0 saturated heterocycles. The summed E-state index contributed by atoms with van der Waals surface area (Å²) in [5, 5.41) is 13.3. The molecule has 2 aromatic heterocycles. The second-order valence-electron chi connectivity index (χ2n) is 17.4. The van der Waals surface area contributed by atoms with E-state index in [1.54, 1.807) is 6.92 Å². The van der Waals surface area contributed by atoms with Crippen molar-refractivity contribution in [2.45, 2.75) is 103 Å². The van der Waals surface area contributed by atoms with Gasteiger partial charge in [-0.1, -0.05) is 73.2 Å². The van der Waals surface area contributed by atoms with Crippen molar-refractivity contribution in [2.24, 2.45) is 10.7 Å². The molecular formula is C52H72Cl2N12O10. The lowest BCUT2D eigenvalue weighted by atomic mass is 10.0. The minimum atomic E-state index is -0.688. The highest BCUT2D eigenvalue weighted by Crippen LogP contribution is 2.20. The second-order valence-corrected chi connectivity index (χ2v) is 18.1. The van der Waals surface area contributed by atoms with Crippen LogP contribution in [0, 0.1) is 12.3 Å². The Morgan fingerprint density at radius 2 is 1.14 bits per heavy atom. The SMILES string of the molecule is Cc1nc(N)c(C(=O)CC(=N)CCCCCc2ccc(OCCOCCOC(=O)NCCCCCCCC(=O)OCCOCCOc3ccc(CCCCN=C(N)NC(=O)c4nc(Cl)c(N)nc4N)cc3)cc2)nc1Cl. The summed E-state index contributed by atoms with van der Waals surface area (Å²) in [6.07, 6.45) is 10.6. The molecule has 0 aliphatic heterocycles. The number of guanidine groups is 1. The number of carbonyl (C=O) groups excluding carboxylic acids is 4. The Balaban J connectivity index is 0.864. The number of benzene rings is 2. The lowest BCUT2D eigenvalue weighted by Gasteiger charge is -2.09. The maximum Gasteiger partial charge on any atom is 0.407 e. The smallest absolute Gasteiger partial charge is 0.407 e. The third-order valence-corrected chi connectivity index (χ3v) is 11.9. The first kappa shape index (κ1) is 61.7. The first-order valence-corrected chi connectivity index (χ1v) is 26.2. The average Bonchev–Trinajstić information content (AvgIpc) is 3.39. The normalized spacial score (nSPS) is 11.2. The Labute approximate surface area is 453 Å². The number of nitrogens with one attached hydrogen (secondary N) is 3. The highest BCUT2D eigenvalue weighted by Gasteiger charge is 2.18. The number of hydrogen-bond donors (Lipinski definition) is 7. The van der Waals surface area contributed by atoms with Gasteiger partial charge in [0.15, 0.2) is 50.9 Å². The summed E-state index contributed by atoms with van der Waals surface area (Å²) in [5.74, 6) is -0.132. The molecule has 22 nitrogen and oxygen atoms in total. The summed E-state index contributed by atoms with van der Waals surface area (Å²) < 4.78 is 33.0. The van der Waals surface area contributed by atoms with Crippen LogP contribution in [0.2, 0.25) is 10.3 Å². The molecule has 2 amide bonds. The van der Waals surface area contributed by atoms with Crippen LogP contribution in [0.25, 0.3) is 0 Å². The number of alkyl carbamates (subject to hydrolysis) is 1. The van der Waals surface area contributed by atoms with Gasteiger partial charge in [-0.2, -0.15) is 0 Å². The predicted octanol–water partition coefficient (Wildman–Crippen LogP) is 7.19. The fraction of sp³-hybridized carbons (Fsp3) is 0.500. The number of amides is 2. The number of aryl methyl sites for hydroxylation is 3. The van der Waals surface area contributed by atoms with Gasteiger partial charge >= 0.3 is 12.1 Å². The number of hydrogen-bond acceptors (Lipinski definition) is 19. The van der Waals surface area contributed by atoms with Crippen LogP contribution in [0.15, 0.2) is 53.5 Å². The highest BCUT2D eigenvalue weighted by atomic mass is 35.5. The zero-order chi connectivity index (χ0) is 54.9. The lowest BCUT2D eigenvalue weighted by Crippen LogP contribution is -2.38. The van der Waals surface area contributed by atoms with Crippen molar-refractivity contribution in [2.75, 3.05) is 83.1 Å². The molecule has 2 heterocycles. The monoisotopic (exact) mass is 1090 g/mol. The molecule has 4 aromatic rings. The zero-order valence-corrected chi connectivity index (χ0v) is 44.7. The van der Waals surface area contributed by atoms with E-state index in [1.165, 1.54) is 5.56 Å². The number of ether oxygens (including phenoxy) is 6. The zero-order valence-electron chi connectivity index (χ0n) is 43.2. The van der Waals surface area contributed by atoms with Crippen LogP contribution in [-0.4, -0.2) is 121 Å². The van der Waals surface area contributed by atoms with Gasteiger partial charge in [-0.05, 0) is 100 Å². The van der Waals surface area contributed by atoms with Crippen molar-refractivity contribution in [3.05, 3.63) is 87.0 Å². The largest absolute Gasteiger partial charge is 0.491 e. The number of carbonyl (C=O) groups is 4. The Morgan fingerprint density at radius 1 is 0.605 bits per heavy atom. The van der Waals surface area contributed by atoms with Crippen LogP contribution in [0.1, 0.15) is 121 Å². The summed E-state index contributed by atoms with van der Waals surface area (Å²) in [6.45, 7) is 4.82. The second kappa shape index (κ2) is 35.4. The van der Waals surface area contributed by atoms with Gasteiger partial charge < -0.3 is 62.1 Å². The summed E-state index contributed by atoms with van der Waals surface area (Å²) in [4.78, 5) is 68.8. The summed E-state index contributed by atoms with van der Waals surface area (Å²) in [5.41, 5.74) is 25.8. The lowest BCUT2D eigenvalue weighted by molar-refractivity contribution is -0.145. The maximum absolute atomic E-state index is 12.5. The maximum atomic E-state index is 12.5. The van der Waals surface area contributed by atoms with Crippen LogP contribution >= 0.6 is 23.2 Å². The molecule has 2 aromatic carbocycles. The van der Waals surface area contributed by atoms with E-state index in [-0.39, 0.29) is 89.7 Å². The van der Waals surface area contributed by atoms with Gasteiger partial charge in [-0.25, -0.2) is 24.7 Å². The fourth-order valence-electron chi connectivity index (χ4n) is 7.19. The van der Waals surface area contributed by atoms with Crippen molar-refractivity contribution in [3.8, 4) is 11.5 Å². The molecule has 0 unspecified atom stereocenters. The molecule has 0 aliphatic rings. The number of ketones is 1. The van der Waals surface area contributed by atoms with Crippen molar-refractivity contribution >= 4 is 76.1 Å². The number of aromatic nitrogens is 4. The first-order valence-electron chi connectivity index (χ1n) is 25.4. The minimum Gasteiger partial charge on any atom is -0.491 e. The molecule has 414 valence electrons. The van der Waals surface area contributed by atoms with Crippen LogP contribution in [0.3, 0.4) is 0 Å². The fourth-order valence-corrected chi connectivity index (χ4v) is 7.44. The topological polar surface area (TPSA) is 340 Å². The molecule has 0 aliphatic carbocycles. The van der Waals surface area contributed by atoms with E-state index in [9.17, 15) is 19.2 Å². The van der Waals surface area contributed by atoms with Crippen LogP contribution in [0.4, 0.5) is 22.2 Å². The molecule has 0 bridgehead atoms. The van der Waals surface area contributed by atoms with E-state index in [0.29, 0.717) is 63.8 Å². The van der Waals surface area contributed by atoms with E-state index in [0.717, 1.165) is 94.1 Å². The van der Waals surface area contributed by atoms with Crippen LogP contribution in [-0.2, 0) is 36.6 Å². The number of nitrogens with zero attached hydrogens (tertiary/aromatic N) is 5. The van der Waals surface area contributed by atoms with Gasteiger partial charge in [0.05, 0.1) is 38.5 Å². The number of rotatable bonds is 37. The molecule has 0 atom stereocenters. The van der Waals surface area contributed by atoms with Gasteiger partial charge in [0.2, 0.25) is 0 Å². The Kier molecular flexibility index (Phi) is 28.7. The number of anilines is 3. The van der Waals surface area contributed by atoms with E-state index in [2.05, 4.69) is 35.6 Å². The molecule has 24 heteroatoms. The van der Waals surface area contributed by atoms with Gasteiger partial charge in [0, 0.05) is 25.2 Å². The van der Waals surface area contributed by atoms with E-state index in [4.69, 9.17) is 80.0 Å². The predicted molar refractivity (Wildman–Crippen MR) is 291 cm³/mol. The first-order chi connectivity index (χ1) is 36.7. The van der Waals surface area contributed by atoms with Crippen molar-refractivity contribution in [3.63, 3.8) is 0 Å². The third-order valence-electron chi connectivity index (χ3n) is 11.3. The van der Waals surface area contributed by atoms with Gasteiger partial charge in [-0.3, -0.25) is 24.7 Å². The molecular weight excluding hydrogens is 1020 g/mol. The van der Waals surface area contributed by atoms with Crippen molar-refractivity contribution < 1.29 is 47.6 Å². The van der Waals surface area contributed by atoms with Gasteiger partial charge in [-0.15, -0.1) is 0 Å². The number of halogens is 2. The van der Waals surface area contributed by atoms with E-state index >= 15 is 0 Å². The molecule has 76 heavy (non-hydrogen) atoms. The molecule has 0 spiro atoms. The highest BCUT2D eigenvalue weighted by molar-refractivity contribution is 6.32. The third kappa shape index (κ3) is 25.1. The number of nitrogen functional groups attached to an aromatic ring is 3. The molecule has 0 fully saturated rings. The number of nitrogens with two attached hydrogens (primary N) is 4. The van der Waals surface area contributed by atoms with Crippen LogP contribution < -0.4 is 43.0 Å². The molecule has 4 rings (SSSR count). The molecule has 11 N–H and O–H groups in total. The number of esters is 1. The number of Topliss-reactive ketones (excluding diaryl/α,β-unsaturated/α-hetero) is 1. The van der Waals surface area contributed by atoms with E-state index < -0.39 is 12.0 Å².